The normalized spacial score (nSPS) is 10.2. The van der Waals surface area contributed by atoms with Gasteiger partial charge < -0.3 is 16.2 Å². The fourth-order valence-electron chi connectivity index (χ4n) is 1.77. The number of rotatable bonds is 4. The van der Waals surface area contributed by atoms with Gasteiger partial charge in [0.15, 0.2) is 0 Å². The van der Waals surface area contributed by atoms with Crippen molar-refractivity contribution in [3.05, 3.63) is 57.6 Å². The molecule has 0 unspecified atom stereocenters. The lowest BCUT2D eigenvalue weighted by molar-refractivity contribution is 0.0696. The predicted molar refractivity (Wildman–Crippen MR) is 81.7 cm³/mol. The molecule has 7 heteroatoms. The molecule has 2 aromatic rings. The van der Waals surface area contributed by atoms with Crippen molar-refractivity contribution in [2.75, 3.05) is 5.32 Å². The van der Waals surface area contributed by atoms with Crippen LogP contribution in [0.3, 0.4) is 0 Å². The number of nitrogens with two attached hydrogens (primary N) is 1. The molecular formula is C14H10Cl2N2O3. The zero-order valence-electron chi connectivity index (χ0n) is 10.6. The van der Waals surface area contributed by atoms with Crippen molar-refractivity contribution in [1.29, 1.82) is 0 Å². The van der Waals surface area contributed by atoms with Crippen molar-refractivity contribution in [2.24, 2.45) is 5.73 Å². The van der Waals surface area contributed by atoms with Crippen molar-refractivity contribution in [2.45, 2.75) is 0 Å². The van der Waals surface area contributed by atoms with Gasteiger partial charge in [-0.25, -0.2) is 4.79 Å². The van der Waals surface area contributed by atoms with E-state index < -0.39 is 11.9 Å². The Labute approximate surface area is 130 Å². The molecule has 4 N–H and O–H groups in total. The van der Waals surface area contributed by atoms with Crippen molar-refractivity contribution in [1.82, 2.24) is 0 Å². The van der Waals surface area contributed by atoms with E-state index in [2.05, 4.69) is 5.32 Å². The number of anilines is 2. The van der Waals surface area contributed by atoms with E-state index in [0.717, 1.165) is 0 Å². The maximum atomic E-state index is 11.4. The minimum absolute atomic E-state index is 0.0618. The van der Waals surface area contributed by atoms with Crippen molar-refractivity contribution in [3.63, 3.8) is 0 Å². The van der Waals surface area contributed by atoms with Gasteiger partial charge in [0.05, 0.1) is 32.5 Å². The van der Waals surface area contributed by atoms with Crippen LogP contribution >= 0.6 is 23.2 Å². The van der Waals surface area contributed by atoms with Crippen LogP contribution in [0.25, 0.3) is 0 Å². The summed E-state index contributed by atoms with van der Waals surface area (Å²) in [7, 11) is 0. The topological polar surface area (TPSA) is 92.4 Å². The van der Waals surface area contributed by atoms with Crippen LogP contribution < -0.4 is 11.1 Å². The second-order valence-corrected chi connectivity index (χ2v) is 4.97. The third-order valence-corrected chi connectivity index (χ3v) is 3.37. The number of amides is 1. The van der Waals surface area contributed by atoms with Crippen molar-refractivity contribution < 1.29 is 14.7 Å². The molecule has 0 aliphatic heterocycles. The highest BCUT2D eigenvalue weighted by molar-refractivity contribution is 6.35. The fraction of sp³-hybridized carbons (Fsp3) is 0. The SMILES string of the molecule is NC(=O)c1c(Cl)cccc1Nc1ccc(C(=O)O)cc1Cl. The van der Waals surface area contributed by atoms with Crippen molar-refractivity contribution >= 4 is 46.5 Å². The van der Waals surface area contributed by atoms with Gasteiger partial charge in [0.25, 0.3) is 5.91 Å². The number of hydrogen-bond acceptors (Lipinski definition) is 3. The van der Waals surface area contributed by atoms with E-state index in [-0.39, 0.29) is 21.2 Å². The second kappa shape index (κ2) is 6.03. The smallest absolute Gasteiger partial charge is 0.335 e. The monoisotopic (exact) mass is 324 g/mol. The first kappa shape index (κ1) is 15.2. The quantitative estimate of drug-likeness (QED) is 0.802. The Kier molecular flexibility index (Phi) is 4.35. The standard InChI is InChI=1S/C14H10Cl2N2O3/c15-8-2-1-3-11(12(8)13(17)19)18-10-5-4-7(14(20)21)6-9(10)16/h1-6,18H,(H2,17,19)(H,20,21). The van der Waals surface area contributed by atoms with Crippen LogP contribution in [-0.4, -0.2) is 17.0 Å². The van der Waals surface area contributed by atoms with Gasteiger partial charge in [-0.05, 0) is 30.3 Å². The Morgan fingerprint density at radius 3 is 2.33 bits per heavy atom. The third-order valence-electron chi connectivity index (χ3n) is 2.75. The van der Waals surface area contributed by atoms with E-state index in [9.17, 15) is 9.59 Å². The molecule has 21 heavy (non-hydrogen) atoms. The molecule has 0 fully saturated rings. The summed E-state index contributed by atoms with van der Waals surface area (Å²) >= 11 is 12.0. The van der Waals surface area contributed by atoms with Gasteiger partial charge in [-0.2, -0.15) is 0 Å². The Morgan fingerprint density at radius 1 is 1.05 bits per heavy atom. The highest BCUT2D eigenvalue weighted by atomic mass is 35.5. The van der Waals surface area contributed by atoms with Crippen LogP contribution in [-0.2, 0) is 0 Å². The van der Waals surface area contributed by atoms with E-state index in [1.54, 1.807) is 18.2 Å². The summed E-state index contributed by atoms with van der Waals surface area (Å²) in [4.78, 5) is 22.3. The van der Waals surface area contributed by atoms with Crippen LogP contribution in [0.4, 0.5) is 11.4 Å². The number of carbonyl (C=O) groups is 2. The fourth-order valence-corrected chi connectivity index (χ4v) is 2.27. The molecule has 0 saturated heterocycles. The van der Waals surface area contributed by atoms with Gasteiger partial charge in [0, 0.05) is 0 Å². The van der Waals surface area contributed by atoms with Gasteiger partial charge in [-0.3, -0.25) is 4.79 Å². The summed E-state index contributed by atoms with van der Waals surface area (Å²) in [6, 6.07) is 9.01. The highest BCUT2D eigenvalue weighted by Gasteiger charge is 2.14. The molecule has 0 radical (unpaired) electrons. The van der Waals surface area contributed by atoms with Crippen LogP contribution in [0.15, 0.2) is 36.4 Å². The predicted octanol–water partition coefficient (Wildman–Crippen LogP) is 3.53. The van der Waals surface area contributed by atoms with Gasteiger partial charge >= 0.3 is 5.97 Å². The molecule has 0 bridgehead atoms. The lowest BCUT2D eigenvalue weighted by Crippen LogP contribution is -2.14. The number of aromatic carboxylic acids is 1. The average molecular weight is 325 g/mol. The average Bonchev–Trinajstić information content (AvgIpc) is 2.40. The molecule has 1 amide bonds. The minimum atomic E-state index is -1.08. The molecule has 5 nitrogen and oxygen atoms in total. The lowest BCUT2D eigenvalue weighted by atomic mass is 10.1. The Morgan fingerprint density at radius 2 is 1.76 bits per heavy atom. The van der Waals surface area contributed by atoms with Crippen LogP contribution in [0.5, 0.6) is 0 Å². The summed E-state index contributed by atoms with van der Waals surface area (Å²) in [5, 5.41) is 12.2. The number of halogens is 2. The molecule has 2 rings (SSSR count). The number of carboxylic acid groups (broad SMARTS) is 1. The summed E-state index contributed by atoms with van der Waals surface area (Å²) < 4.78 is 0. The molecule has 0 aliphatic rings. The third kappa shape index (κ3) is 3.26. The minimum Gasteiger partial charge on any atom is -0.478 e. The van der Waals surface area contributed by atoms with E-state index in [0.29, 0.717) is 11.4 Å². The first-order valence-electron chi connectivity index (χ1n) is 5.78. The van der Waals surface area contributed by atoms with Crippen LogP contribution in [0, 0.1) is 0 Å². The summed E-state index contributed by atoms with van der Waals surface area (Å²) in [5.41, 5.74) is 6.32. The number of nitrogens with one attached hydrogen (secondary N) is 1. The van der Waals surface area contributed by atoms with Gasteiger partial charge in [-0.15, -0.1) is 0 Å². The molecule has 0 atom stereocenters. The number of hydrogen-bond donors (Lipinski definition) is 3. The largest absolute Gasteiger partial charge is 0.478 e. The maximum Gasteiger partial charge on any atom is 0.335 e. The Balaban J connectivity index is 2.42. The number of carboxylic acids is 1. The highest BCUT2D eigenvalue weighted by Crippen LogP contribution is 2.30. The van der Waals surface area contributed by atoms with Crippen molar-refractivity contribution in [3.8, 4) is 0 Å². The molecule has 0 spiro atoms. The van der Waals surface area contributed by atoms with Gasteiger partial charge in [0.1, 0.15) is 0 Å². The zero-order chi connectivity index (χ0) is 15.6. The first-order valence-corrected chi connectivity index (χ1v) is 6.54. The van der Waals surface area contributed by atoms with Gasteiger partial charge in [-0.1, -0.05) is 29.3 Å². The number of primary amides is 1. The Bertz CT molecular complexity index is 732. The van der Waals surface area contributed by atoms with Crippen LogP contribution in [0.2, 0.25) is 10.0 Å². The zero-order valence-corrected chi connectivity index (χ0v) is 12.1. The Hall–Kier alpha value is -2.24. The molecule has 108 valence electrons. The molecule has 0 heterocycles. The summed E-state index contributed by atoms with van der Waals surface area (Å²) in [6.07, 6.45) is 0. The maximum absolute atomic E-state index is 11.4. The number of carbonyl (C=O) groups excluding carboxylic acids is 1. The van der Waals surface area contributed by atoms with Crippen LogP contribution in [0.1, 0.15) is 20.7 Å². The number of benzene rings is 2. The van der Waals surface area contributed by atoms with E-state index in [1.165, 1.54) is 18.2 Å². The second-order valence-electron chi connectivity index (χ2n) is 4.15. The molecule has 0 aromatic heterocycles. The lowest BCUT2D eigenvalue weighted by Gasteiger charge is -2.13. The van der Waals surface area contributed by atoms with E-state index in [4.69, 9.17) is 34.0 Å². The van der Waals surface area contributed by atoms with Gasteiger partial charge in [0.2, 0.25) is 0 Å². The summed E-state index contributed by atoms with van der Waals surface area (Å²) in [6.45, 7) is 0. The van der Waals surface area contributed by atoms with E-state index >= 15 is 0 Å². The first-order chi connectivity index (χ1) is 9.90. The molecular weight excluding hydrogens is 315 g/mol. The molecule has 0 aliphatic carbocycles. The molecule has 0 saturated carbocycles. The van der Waals surface area contributed by atoms with E-state index in [1.807, 2.05) is 0 Å². The molecule has 2 aromatic carbocycles. The summed E-state index contributed by atoms with van der Waals surface area (Å²) in [5.74, 6) is -1.76.